The summed E-state index contributed by atoms with van der Waals surface area (Å²) in [5.74, 6) is 0.870. The van der Waals surface area contributed by atoms with E-state index >= 15 is 0 Å². The van der Waals surface area contributed by atoms with Crippen LogP contribution < -0.4 is 20.3 Å². The van der Waals surface area contributed by atoms with Crippen molar-refractivity contribution in [1.29, 1.82) is 0 Å². The lowest BCUT2D eigenvalue weighted by Gasteiger charge is -2.35. The molecule has 0 spiro atoms. The number of piperazine rings is 1. The zero-order valence-electron chi connectivity index (χ0n) is 41.8. The van der Waals surface area contributed by atoms with Gasteiger partial charge in [-0.15, -0.1) is 11.3 Å². The SMILES string of the molecule is Cc1ncsc1-c1ccc([C@@H](C)NC(=O)[C@H]2CCCN2C(=O)[C@H](NC(=O)CCOCCOCCOCCC(=O)N2CCN(c3cc(-c4n[nH]c5ccc(OC6(C)CC6)cc45)ncn3)CC2)C(C)(C)C)cc1. The van der Waals surface area contributed by atoms with E-state index in [1.54, 1.807) is 22.6 Å². The topological polar surface area (TPSA) is 206 Å². The van der Waals surface area contributed by atoms with E-state index in [0.717, 1.165) is 62.7 Å². The molecule has 8 rings (SSSR count). The minimum atomic E-state index is -0.821. The number of aromatic nitrogens is 5. The predicted molar refractivity (Wildman–Crippen MR) is 271 cm³/mol. The number of aromatic amines is 1. The van der Waals surface area contributed by atoms with Crippen LogP contribution in [0.15, 0.2) is 60.4 Å². The van der Waals surface area contributed by atoms with Gasteiger partial charge in [0.05, 0.1) is 79.4 Å². The molecule has 3 aliphatic rings. The van der Waals surface area contributed by atoms with Gasteiger partial charge in [0.2, 0.25) is 23.6 Å². The lowest BCUT2D eigenvalue weighted by molar-refractivity contribution is -0.144. The molecule has 2 saturated heterocycles. The van der Waals surface area contributed by atoms with Gasteiger partial charge in [0, 0.05) is 50.6 Å². The molecule has 71 heavy (non-hydrogen) atoms. The summed E-state index contributed by atoms with van der Waals surface area (Å²) >= 11 is 1.60. The minimum Gasteiger partial charge on any atom is -0.488 e. The van der Waals surface area contributed by atoms with E-state index < -0.39 is 17.5 Å². The van der Waals surface area contributed by atoms with Gasteiger partial charge in [-0.3, -0.25) is 24.3 Å². The molecule has 3 aromatic heterocycles. The third kappa shape index (κ3) is 13.3. The summed E-state index contributed by atoms with van der Waals surface area (Å²) in [7, 11) is 0. The Labute approximate surface area is 419 Å². The highest BCUT2D eigenvalue weighted by Crippen LogP contribution is 2.41. The first kappa shape index (κ1) is 51.3. The van der Waals surface area contributed by atoms with Crippen LogP contribution in [0.4, 0.5) is 5.82 Å². The van der Waals surface area contributed by atoms with Crippen molar-refractivity contribution < 1.29 is 38.1 Å². The number of rotatable bonds is 22. The molecular formula is C52H68N10O8S. The molecule has 1 saturated carbocycles. The fourth-order valence-corrected chi connectivity index (χ4v) is 9.73. The maximum absolute atomic E-state index is 14.0. The number of hydrogen-bond donors (Lipinski definition) is 3. The van der Waals surface area contributed by atoms with E-state index in [2.05, 4.69) is 47.6 Å². The Morgan fingerprint density at radius 2 is 1.56 bits per heavy atom. The molecule has 18 nitrogen and oxygen atoms in total. The Balaban J connectivity index is 0.675. The maximum Gasteiger partial charge on any atom is 0.246 e. The zero-order chi connectivity index (χ0) is 50.1. The second-order valence-corrected chi connectivity index (χ2v) is 20.8. The van der Waals surface area contributed by atoms with Crippen LogP contribution >= 0.6 is 11.3 Å². The third-order valence-electron chi connectivity index (χ3n) is 13.4. The lowest BCUT2D eigenvalue weighted by Crippen LogP contribution is -2.57. The van der Waals surface area contributed by atoms with E-state index in [-0.39, 0.29) is 61.3 Å². The Bertz CT molecular complexity index is 2620. The van der Waals surface area contributed by atoms with Crippen LogP contribution in [0, 0.1) is 12.3 Å². The van der Waals surface area contributed by atoms with E-state index in [1.807, 2.05) is 93.6 Å². The van der Waals surface area contributed by atoms with Crippen LogP contribution in [0.1, 0.15) is 90.4 Å². The van der Waals surface area contributed by atoms with Crippen molar-refractivity contribution >= 4 is 51.7 Å². The molecule has 4 amide bonds. The number of carbonyl (C=O) groups excluding carboxylic acids is 4. The van der Waals surface area contributed by atoms with Crippen LogP contribution in [0.3, 0.4) is 0 Å². The van der Waals surface area contributed by atoms with Crippen molar-refractivity contribution in [3.05, 3.63) is 71.6 Å². The van der Waals surface area contributed by atoms with Crippen molar-refractivity contribution in [3.63, 3.8) is 0 Å². The minimum absolute atomic E-state index is 0.0417. The summed E-state index contributed by atoms with van der Waals surface area (Å²) in [6.07, 6.45) is 5.26. The highest BCUT2D eigenvalue weighted by atomic mass is 32.1. The van der Waals surface area contributed by atoms with Gasteiger partial charge in [0.1, 0.15) is 41.3 Å². The highest BCUT2D eigenvalue weighted by Gasteiger charge is 2.42. The van der Waals surface area contributed by atoms with Gasteiger partial charge < -0.3 is 44.3 Å². The van der Waals surface area contributed by atoms with Gasteiger partial charge in [-0.05, 0) is 81.2 Å². The van der Waals surface area contributed by atoms with Crippen molar-refractivity contribution in [2.24, 2.45) is 5.41 Å². The number of thiazole rings is 1. The highest BCUT2D eigenvalue weighted by molar-refractivity contribution is 7.13. The van der Waals surface area contributed by atoms with Crippen LogP contribution in [0.25, 0.3) is 32.7 Å². The molecule has 2 aliphatic heterocycles. The largest absolute Gasteiger partial charge is 0.488 e. The number of aryl methyl sites for hydroxylation is 1. The molecule has 5 heterocycles. The van der Waals surface area contributed by atoms with Crippen LogP contribution in [0.2, 0.25) is 0 Å². The summed E-state index contributed by atoms with van der Waals surface area (Å²) in [6, 6.07) is 14.3. The molecule has 0 radical (unpaired) electrons. The van der Waals surface area contributed by atoms with Crippen LogP contribution in [0.5, 0.6) is 5.75 Å². The second-order valence-electron chi connectivity index (χ2n) is 20.0. The van der Waals surface area contributed by atoms with Crippen molar-refractivity contribution in [1.82, 2.24) is 45.6 Å². The first-order valence-electron chi connectivity index (χ1n) is 24.8. The van der Waals surface area contributed by atoms with Gasteiger partial charge in [-0.1, -0.05) is 45.0 Å². The molecule has 0 bridgehead atoms. The molecule has 3 atom stereocenters. The molecule has 5 aromatic rings. The van der Waals surface area contributed by atoms with Gasteiger partial charge >= 0.3 is 0 Å². The number of anilines is 1. The molecule has 3 N–H and O–H groups in total. The zero-order valence-corrected chi connectivity index (χ0v) is 42.6. The Kier molecular flexibility index (Phi) is 16.7. The molecule has 0 unspecified atom stereocenters. The molecule has 19 heteroatoms. The lowest BCUT2D eigenvalue weighted by atomic mass is 9.85. The summed E-state index contributed by atoms with van der Waals surface area (Å²) in [5, 5.41) is 14.7. The number of H-pyrrole nitrogens is 1. The van der Waals surface area contributed by atoms with Crippen LogP contribution in [-0.2, 0) is 33.4 Å². The smallest absolute Gasteiger partial charge is 0.246 e. The number of fused-ring (bicyclic) bond motifs is 1. The standard InChI is InChI=1S/C52H68N10O8S/c1-34(36-9-11-37(12-10-36)47-35(2)55-33-71-47)56-49(65)42-8-7-19-62(42)50(66)48(51(3,4)5)57-44(63)15-24-67-26-28-69-29-27-68-25-16-45(64)61-22-20-60(21-23-61)43-31-41(53-32-54-43)46-39-30-38(70-52(6)17-18-52)13-14-40(39)58-59-46/h9-14,30-34,42,48H,7-8,15-29H2,1-6H3,(H,56,65)(H,57,63)(H,58,59)/t34-,42-,48+/m1/s1. The Morgan fingerprint density at radius 3 is 2.24 bits per heavy atom. The first-order valence-corrected chi connectivity index (χ1v) is 25.7. The number of nitrogens with zero attached hydrogens (tertiary/aromatic N) is 7. The normalized spacial score (nSPS) is 17.5. The second kappa shape index (κ2) is 23.0. The van der Waals surface area contributed by atoms with Crippen LogP contribution in [-0.4, -0.2) is 149 Å². The van der Waals surface area contributed by atoms with Crippen molar-refractivity contribution in [3.8, 4) is 27.6 Å². The summed E-state index contributed by atoms with van der Waals surface area (Å²) < 4.78 is 23.2. The molecule has 380 valence electrons. The monoisotopic (exact) mass is 992 g/mol. The maximum atomic E-state index is 14.0. The van der Waals surface area contributed by atoms with Gasteiger partial charge in [-0.2, -0.15) is 5.10 Å². The average molecular weight is 993 g/mol. The van der Waals surface area contributed by atoms with Gasteiger partial charge in [-0.25, -0.2) is 15.0 Å². The molecular weight excluding hydrogens is 925 g/mol. The van der Waals surface area contributed by atoms with Crippen molar-refractivity contribution in [2.75, 3.05) is 77.3 Å². The predicted octanol–water partition coefficient (Wildman–Crippen LogP) is 6.26. The van der Waals surface area contributed by atoms with Gasteiger partial charge in [0.15, 0.2) is 0 Å². The molecule has 3 fully saturated rings. The van der Waals surface area contributed by atoms with E-state index in [4.69, 9.17) is 18.9 Å². The Hall–Kier alpha value is -6.02. The summed E-state index contributed by atoms with van der Waals surface area (Å²) in [4.78, 5) is 73.9. The Morgan fingerprint density at radius 1 is 0.859 bits per heavy atom. The number of hydrogen-bond acceptors (Lipinski definition) is 14. The van der Waals surface area contributed by atoms with E-state index in [0.29, 0.717) is 77.7 Å². The number of amides is 4. The van der Waals surface area contributed by atoms with E-state index in [1.165, 1.54) is 0 Å². The first-order chi connectivity index (χ1) is 34.2. The number of benzene rings is 2. The average Bonchev–Trinajstić information content (AvgIpc) is 3.72. The quantitative estimate of drug-likeness (QED) is 0.0656. The number of ether oxygens (including phenoxy) is 4. The summed E-state index contributed by atoms with van der Waals surface area (Å²) in [5.41, 5.74) is 6.55. The fourth-order valence-electron chi connectivity index (χ4n) is 8.92. The molecule has 1 aliphatic carbocycles. The third-order valence-corrected chi connectivity index (χ3v) is 14.4. The van der Waals surface area contributed by atoms with E-state index in [9.17, 15) is 19.2 Å². The molecule has 2 aromatic carbocycles. The number of likely N-dealkylation sites (tertiary alicyclic amines) is 1. The summed E-state index contributed by atoms with van der Waals surface area (Å²) in [6.45, 7) is 16.4. The number of carbonyl (C=O) groups is 4. The van der Waals surface area contributed by atoms with Crippen molar-refractivity contribution in [2.45, 2.75) is 104 Å². The fraction of sp³-hybridized carbons (Fsp3) is 0.538. The number of nitrogens with one attached hydrogen (secondary N) is 3. The van der Waals surface area contributed by atoms with Gasteiger partial charge in [0.25, 0.3) is 0 Å².